The monoisotopic (exact) mass is 525 g/mol. The molecule has 4 rings (SSSR count). The van der Waals surface area contributed by atoms with E-state index in [1.54, 1.807) is 11.0 Å². The van der Waals surface area contributed by atoms with Crippen molar-refractivity contribution in [3.8, 4) is 0 Å². The van der Waals surface area contributed by atoms with Crippen molar-refractivity contribution in [1.82, 2.24) is 15.1 Å². The summed E-state index contributed by atoms with van der Waals surface area (Å²) in [5.41, 5.74) is 2.43. The van der Waals surface area contributed by atoms with Crippen LogP contribution >= 0.6 is 11.6 Å². The number of anilines is 2. The van der Waals surface area contributed by atoms with E-state index in [4.69, 9.17) is 11.6 Å². The SMILES string of the molecule is CC(C)NC(=O)N1CCN(c2ccc(Cl)c(NC(=O)CN(Cc3ccccc3)C(=O)C3CCC3)c2)CC1. The van der Waals surface area contributed by atoms with Gasteiger partial charge in [0.15, 0.2) is 0 Å². The van der Waals surface area contributed by atoms with Crippen LogP contribution in [0.4, 0.5) is 16.2 Å². The Kier molecular flexibility index (Phi) is 8.92. The highest BCUT2D eigenvalue weighted by molar-refractivity contribution is 6.33. The first-order chi connectivity index (χ1) is 17.8. The average Bonchev–Trinajstić information content (AvgIpc) is 2.84. The van der Waals surface area contributed by atoms with Crippen molar-refractivity contribution in [2.24, 2.45) is 5.92 Å². The number of nitrogens with zero attached hydrogens (tertiary/aromatic N) is 3. The first kappa shape index (κ1) is 26.8. The zero-order chi connectivity index (χ0) is 26.4. The Labute approximate surface area is 223 Å². The fourth-order valence-corrected chi connectivity index (χ4v) is 4.77. The minimum absolute atomic E-state index is 0.00437. The maximum absolute atomic E-state index is 13.1. The van der Waals surface area contributed by atoms with Crippen molar-refractivity contribution in [3.63, 3.8) is 0 Å². The lowest BCUT2D eigenvalue weighted by atomic mass is 9.84. The van der Waals surface area contributed by atoms with Crippen LogP contribution in [-0.2, 0) is 16.1 Å². The van der Waals surface area contributed by atoms with E-state index in [0.29, 0.717) is 43.4 Å². The lowest BCUT2D eigenvalue weighted by Crippen LogP contribution is -2.52. The molecule has 2 aromatic rings. The minimum atomic E-state index is -0.280. The molecule has 198 valence electrons. The molecule has 0 radical (unpaired) electrons. The van der Waals surface area contributed by atoms with E-state index in [2.05, 4.69) is 15.5 Å². The molecule has 1 aliphatic carbocycles. The summed E-state index contributed by atoms with van der Waals surface area (Å²) in [5, 5.41) is 6.29. The molecule has 2 aromatic carbocycles. The number of halogens is 1. The van der Waals surface area contributed by atoms with Gasteiger partial charge in [0.05, 0.1) is 10.7 Å². The number of nitrogens with one attached hydrogen (secondary N) is 2. The van der Waals surface area contributed by atoms with Gasteiger partial charge in [-0.2, -0.15) is 0 Å². The summed E-state index contributed by atoms with van der Waals surface area (Å²) >= 11 is 6.43. The summed E-state index contributed by atoms with van der Waals surface area (Å²) in [4.78, 5) is 44.0. The molecule has 1 saturated heterocycles. The number of hydrogen-bond donors (Lipinski definition) is 2. The van der Waals surface area contributed by atoms with Gasteiger partial charge in [-0.15, -0.1) is 0 Å². The van der Waals surface area contributed by atoms with Crippen molar-refractivity contribution in [2.75, 3.05) is 42.9 Å². The van der Waals surface area contributed by atoms with Crippen LogP contribution in [0.25, 0.3) is 0 Å². The zero-order valence-corrected chi connectivity index (χ0v) is 22.3. The fraction of sp³-hybridized carbons (Fsp3) is 0.464. The van der Waals surface area contributed by atoms with E-state index in [0.717, 1.165) is 30.5 Å². The van der Waals surface area contributed by atoms with Crippen LogP contribution in [0.5, 0.6) is 0 Å². The topological polar surface area (TPSA) is 85.0 Å². The summed E-state index contributed by atoms with van der Waals surface area (Å²) in [5.74, 6) is -0.243. The van der Waals surface area contributed by atoms with Gasteiger partial charge in [-0.1, -0.05) is 48.4 Å². The van der Waals surface area contributed by atoms with Gasteiger partial charge in [0.2, 0.25) is 11.8 Å². The predicted octanol–water partition coefficient (Wildman–Crippen LogP) is 4.35. The van der Waals surface area contributed by atoms with Gasteiger partial charge in [-0.3, -0.25) is 9.59 Å². The second-order valence-electron chi connectivity index (χ2n) is 10.1. The van der Waals surface area contributed by atoms with Gasteiger partial charge in [0, 0.05) is 50.4 Å². The Morgan fingerprint density at radius 2 is 1.73 bits per heavy atom. The second kappa shape index (κ2) is 12.3. The third-order valence-corrected chi connectivity index (χ3v) is 7.21. The quantitative estimate of drug-likeness (QED) is 0.536. The third kappa shape index (κ3) is 7.16. The maximum atomic E-state index is 13.1. The molecule has 4 amide bonds. The molecular weight excluding hydrogens is 490 g/mol. The molecule has 8 nitrogen and oxygen atoms in total. The Morgan fingerprint density at radius 1 is 1.03 bits per heavy atom. The molecular formula is C28H36ClN5O3. The largest absolute Gasteiger partial charge is 0.368 e. The number of rotatable bonds is 8. The molecule has 0 bridgehead atoms. The van der Waals surface area contributed by atoms with Crippen LogP contribution in [0.2, 0.25) is 5.02 Å². The van der Waals surface area contributed by atoms with E-state index in [9.17, 15) is 14.4 Å². The van der Waals surface area contributed by atoms with E-state index < -0.39 is 0 Å². The highest BCUT2D eigenvalue weighted by Crippen LogP contribution is 2.30. The van der Waals surface area contributed by atoms with Crippen molar-refractivity contribution in [3.05, 3.63) is 59.1 Å². The van der Waals surface area contributed by atoms with Gasteiger partial charge >= 0.3 is 6.03 Å². The Bertz CT molecular complexity index is 1100. The second-order valence-corrected chi connectivity index (χ2v) is 10.5. The number of urea groups is 1. The Balaban J connectivity index is 1.39. The van der Waals surface area contributed by atoms with Gasteiger partial charge in [0.25, 0.3) is 0 Å². The summed E-state index contributed by atoms with van der Waals surface area (Å²) in [6, 6.07) is 15.3. The molecule has 2 N–H and O–H groups in total. The van der Waals surface area contributed by atoms with Crippen molar-refractivity contribution in [1.29, 1.82) is 0 Å². The zero-order valence-electron chi connectivity index (χ0n) is 21.6. The van der Waals surface area contributed by atoms with E-state index in [1.165, 1.54) is 0 Å². The fourth-order valence-electron chi connectivity index (χ4n) is 4.60. The lowest BCUT2D eigenvalue weighted by Gasteiger charge is -2.36. The maximum Gasteiger partial charge on any atom is 0.317 e. The first-order valence-electron chi connectivity index (χ1n) is 13.0. The number of piperazine rings is 1. The normalized spacial score (nSPS) is 15.8. The standard InChI is InChI=1S/C28H36ClN5O3/c1-20(2)30-28(37)33-15-13-32(14-16-33)23-11-12-24(29)25(17-23)31-26(35)19-34(27(36)22-9-6-10-22)18-21-7-4-3-5-8-21/h3-5,7-8,11-12,17,20,22H,6,9-10,13-16,18-19H2,1-2H3,(H,30,37)(H,31,35). The Hall–Kier alpha value is -3.26. The van der Waals surface area contributed by atoms with Gasteiger partial charge in [-0.05, 0) is 50.5 Å². The van der Waals surface area contributed by atoms with Gasteiger partial charge in [0.1, 0.15) is 6.54 Å². The van der Waals surface area contributed by atoms with Crippen LogP contribution < -0.4 is 15.5 Å². The molecule has 9 heteroatoms. The van der Waals surface area contributed by atoms with E-state index in [-0.39, 0.29) is 36.3 Å². The highest BCUT2D eigenvalue weighted by Gasteiger charge is 2.30. The summed E-state index contributed by atoms with van der Waals surface area (Å²) < 4.78 is 0. The van der Waals surface area contributed by atoms with Crippen LogP contribution in [-0.4, -0.2) is 66.4 Å². The molecule has 1 heterocycles. The van der Waals surface area contributed by atoms with Crippen LogP contribution in [0.1, 0.15) is 38.7 Å². The molecule has 2 fully saturated rings. The highest BCUT2D eigenvalue weighted by atomic mass is 35.5. The van der Waals surface area contributed by atoms with Crippen LogP contribution in [0.15, 0.2) is 48.5 Å². The number of hydrogen-bond acceptors (Lipinski definition) is 4. The number of carbonyl (C=O) groups is 3. The molecule has 0 atom stereocenters. The number of carbonyl (C=O) groups excluding carboxylic acids is 3. The van der Waals surface area contributed by atoms with Crippen molar-refractivity contribution < 1.29 is 14.4 Å². The molecule has 0 unspecified atom stereocenters. The minimum Gasteiger partial charge on any atom is -0.368 e. The number of benzene rings is 2. The number of amides is 4. The van der Waals surface area contributed by atoms with E-state index >= 15 is 0 Å². The predicted molar refractivity (Wildman–Crippen MR) is 147 cm³/mol. The summed E-state index contributed by atoms with van der Waals surface area (Å²) in [6.45, 7) is 6.84. The Morgan fingerprint density at radius 3 is 2.35 bits per heavy atom. The van der Waals surface area contributed by atoms with Crippen molar-refractivity contribution >= 4 is 40.8 Å². The lowest BCUT2D eigenvalue weighted by molar-refractivity contribution is -0.141. The molecule has 0 spiro atoms. The van der Waals surface area contributed by atoms with Crippen LogP contribution in [0, 0.1) is 5.92 Å². The van der Waals surface area contributed by atoms with E-state index in [1.807, 2.05) is 61.2 Å². The molecule has 37 heavy (non-hydrogen) atoms. The van der Waals surface area contributed by atoms with Gasteiger partial charge < -0.3 is 25.3 Å². The molecule has 1 saturated carbocycles. The first-order valence-corrected chi connectivity index (χ1v) is 13.4. The van der Waals surface area contributed by atoms with Gasteiger partial charge in [-0.25, -0.2) is 4.79 Å². The summed E-state index contributed by atoms with van der Waals surface area (Å²) in [6.07, 6.45) is 2.82. The molecule has 1 aliphatic heterocycles. The summed E-state index contributed by atoms with van der Waals surface area (Å²) in [7, 11) is 0. The van der Waals surface area contributed by atoms with Crippen LogP contribution in [0.3, 0.4) is 0 Å². The smallest absolute Gasteiger partial charge is 0.317 e. The average molecular weight is 526 g/mol. The van der Waals surface area contributed by atoms with Crippen molar-refractivity contribution in [2.45, 2.75) is 45.7 Å². The third-order valence-electron chi connectivity index (χ3n) is 6.89. The molecule has 2 aliphatic rings. The molecule has 0 aromatic heterocycles.